The molecule has 0 aliphatic carbocycles. The summed E-state index contributed by atoms with van der Waals surface area (Å²) in [5.74, 6) is 1.47. The molecule has 2 heterocycles. The van der Waals surface area contributed by atoms with Crippen LogP contribution in [0.25, 0.3) is 0 Å². The predicted molar refractivity (Wildman–Crippen MR) is 89.2 cm³/mol. The number of carbonyl (C=O) groups is 1. The lowest BCUT2D eigenvalue weighted by atomic mass is 9.90. The molecule has 1 amide bonds. The lowest BCUT2D eigenvalue weighted by molar-refractivity contribution is -0.134. The van der Waals surface area contributed by atoms with Crippen molar-refractivity contribution in [3.05, 3.63) is 60.4 Å². The second-order valence-corrected chi connectivity index (χ2v) is 5.99. The highest BCUT2D eigenvalue weighted by Gasteiger charge is 2.23. The molecule has 1 fully saturated rings. The standard InChI is InChI=1S/C19H22N2O2/c22-19(15-23-18-4-2-1-3-5-18)21-12-8-17(9-13-21)14-16-6-10-20-11-7-16/h1-7,10-11,17H,8-9,12-15H2. The van der Waals surface area contributed by atoms with Gasteiger partial charge in [-0.25, -0.2) is 0 Å². The van der Waals surface area contributed by atoms with Crippen LogP contribution in [-0.4, -0.2) is 35.5 Å². The molecule has 0 spiro atoms. The number of pyridine rings is 1. The van der Waals surface area contributed by atoms with Crippen molar-refractivity contribution >= 4 is 5.91 Å². The van der Waals surface area contributed by atoms with Crippen molar-refractivity contribution in [3.63, 3.8) is 0 Å². The summed E-state index contributed by atoms with van der Waals surface area (Å²) in [6.45, 7) is 1.78. The van der Waals surface area contributed by atoms with Gasteiger partial charge in [-0.3, -0.25) is 9.78 Å². The van der Waals surface area contributed by atoms with Crippen molar-refractivity contribution < 1.29 is 9.53 Å². The normalized spacial score (nSPS) is 15.4. The first-order chi connectivity index (χ1) is 11.3. The maximum absolute atomic E-state index is 12.2. The third-order valence-electron chi connectivity index (χ3n) is 4.35. The van der Waals surface area contributed by atoms with Crippen LogP contribution in [0, 0.1) is 5.92 Å². The minimum atomic E-state index is 0.0798. The van der Waals surface area contributed by atoms with E-state index in [-0.39, 0.29) is 12.5 Å². The molecule has 1 aromatic carbocycles. The highest BCUT2D eigenvalue weighted by Crippen LogP contribution is 2.21. The van der Waals surface area contributed by atoms with Crippen molar-refractivity contribution in [2.75, 3.05) is 19.7 Å². The number of amides is 1. The molecule has 1 saturated heterocycles. The fraction of sp³-hybridized carbons (Fsp3) is 0.368. The lowest BCUT2D eigenvalue weighted by Crippen LogP contribution is -2.41. The first kappa shape index (κ1) is 15.5. The Morgan fingerprint density at radius 3 is 2.48 bits per heavy atom. The van der Waals surface area contributed by atoms with E-state index in [1.165, 1.54) is 5.56 Å². The number of hydrogen-bond donors (Lipinski definition) is 0. The predicted octanol–water partition coefficient (Wildman–Crippen LogP) is 2.94. The summed E-state index contributed by atoms with van der Waals surface area (Å²) in [5.41, 5.74) is 1.33. The van der Waals surface area contributed by atoms with Crippen molar-refractivity contribution in [3.8, 4) is 5.75 Å². The van der Waals surface area contributed by atoms with Gasteiger partial charge in [0.05, 0.1) is 0 Å². The van der Waals surface area contributed by atoms with Gasteiger partial charge in [-0.05, 0) is 55.0 Å². The van der Waals surface area contributed by atoms with E-state index < -0.39 is 0 Å². The molecule has 0 N–H and O–H groups in total. The monoisotopic (exact) mass is 310 g/mol. The van der Waals surface area contributed by atoms with Gasteiger partial charge in [-0.2, -0.15) is 0 Å². The highest BCUT2D eigenvalue weighted by molar-refractivity contribution is 5.77. The Balaban J connectivity index is 1.42. The number of benzene rings is 1. The molecule has 1 aliphatic rings. The van der Waals surface area contributed by atoms with Crippen LogP contribution in [0.3, 0.4) is 0 Å². The Hall–Kier alpha value is -2.36. The second kappa shape index (κ2) is 7.77. The van der Waals surface area contributed by atoms with Crippen molar-refractivity contribution in [1.82, 2.24) is 9.88 Å². The molecule has 2 aromatic rings. The van der Waals surface area contributed by atoms with Gasteiger partial charge in [0.15, 0.2) is 6.61 Å². The van der Waals surface area contributed by atoms with E-state index in [1.54, 1.807) is 0 Å². The van der Waals surface area contributed by atoms with Crippen LogP contribution < -0.4 is 4.74 Å². The lowest BCUT2D eigenvalue weighted by Gasteiger charge is -2.32. The van der Waals surface area contributed by atoms with Gasteiger partial charge >= 0.3 is 0 Å². The molecule has 4 nitrogen and oxygen atoms in total. The Bertz CT molecular complexity index is 608. The average Bonchev–Trinajstić information content (AvgIpc) is 2.62. The van der Waals surface area contributed by atoms with E-state index in [2.05, 4.69) is 17.1 Å². The van der Waals surface area contributed by atoms with E-state index in [1.807, 2.05) is 47.6 Å². The molecule has 1 aliphatic heterocycles. The highest BCUT2D eigenvalue weighted by atomic mass is 16.5. The van der Waals surface area contributed by atoms with Crippen molar-refractivity contribution in [2.45, 2.75) is 19.3 Å². The minimum Gasteiger partial charge on any atom is -0.484 e. The van der Waals surface area contributed by atoms with Crippen LogP contribution in [0.1, 0.15) is 18.4 Å². The molecule has 0 atom stereocenters. The summed E-state index contributed by atoms with van der Waals surface area (Å²) in [6, 6.07) is 13.6. The summed E-state index contributed by atoms with van der Waals surface area (Å²) >= 11 is 0. The fourth-order valence-electron chi connectivity index (χ4n) is 2.99. The van der Waals surface area contributed by atoms with Gasteiger partial charge in [0, 0.05) is 25.5 Å². The number of ether oxygens (including phenoxy) is 1. The van der Waals surface area contributed by atoms with Gasteiger partial charge in [0.2, 0.25) is 0 Å². The number of likely N-dealkylation sites (tertiary alicyclic amines) is 1. The third kappa shape index (κ3) is 4.55. The molecule has 3 rings (SSSR count). The third-order valence-corrected chi connectivity index (χ3v) is 4.35. The first-order valence-electron chi connectivity index (χ1n) is 8.16. The van der Waals surface area contributed by atoms with E-state index >= 15 is 0 Å². The molecule has 0 bridgehead atoms. The minimum absolute atomic E-state index is 0.0798. The van der Waals surface area contributed by atoms with Gasteiger partial charge in [0.1, 0.15) is 5.75 Å². The van der Waals surface area contributed by atoms with E-state index in [0.717, 1.165) is 38.1 Å². The fourth-order valence-corrected chi connectivity index (χ4v) is 2.99. The van der Waals surface area contributed by atoms with Crippen LogP contribution in [0.4, 0.5) is 0 Å². The Morgan fingerprint density at radius 1 is 1.09 bits per heavy atom. The number of carbonyl (C=O) groups excluding carboxylic acids is 1. The Kier molecular flexibility index (Phi) is 5.25. The van der Waals surface area contributed by atoms with Gasteiger partial charge < -0.3 is 9.64 Å². The zero-order chi connectivity index (χ0) is 15.9. The number of nitrogens with zero attached hydrogens (tertiary/aromatic N) is 2. The number of rotatable bonds is 5. The smallest absolute Gasteiger partial charge is 0.260 e. The van der Waals surface area contributed by atoms with E-state index in [9.17, 15) is 4.79 Å². The van der Waals surface area contributed by atoms with Crippen LogP contribution >= 0.6 is 0 Å². The second-order valence-electron chi connectivity index (χ2n) is 5.99. The summed E-state index contributed by atoms with van der Waals surface area (Å²) in [5, 5.41) is 0. The number of para-hydroxylation sites is 1. The van der Waals surface area contributed by atoms with E-state index in [0.29, 0.717) is 5.92 Å². The van der Waals surface area contributed by atoms with E-state index in [4.69, 9.17) is 4.74 Å². The largest absolute Gasteiger partial charge is 0.484 e. The quantitative estimate of drug-likeness (QED) is 0.853. The van der Waals surface area contributed by atoms with Crippen LogP contribution in [0.2, 0.25) is 0 Å². The zero-order valence-electron chi connectivity index (χ0n) is 13.2. The number of piperidine rings is 1. The maximum atomic E-state index is 12.2. The summed E-state index contributed by atoms with van der Waals surface area (Å²) in [7, 11) is 0. The number of aromatic nitrogens is 1. The topological polar surface area (TPSA) is 42.4 Å². The Morgan fingerprint density at radius 2 is 1.78 bits per heavy atom. The molecule has 0 unspecified atom stereocenters. The molecule has 1 aromatic heterocycles. The molecule has 23 heavy (non-hydrogen) atoms. The molecular formula is C19H22N2O2. The SMILES string of the molecule is O=C(COc1ccccc1)N1CCC(Cc2ccncc2)CC1. The van der Waals surface area contributed by atoms with Crippen LogP contribution in [0.15, 0.2) is 54.9 Å². The van der Waals surface area contributed by atoms with Crippen molar-refractivity contribution in [1.29, 1.82) is 0 Å². The average molecular weight is 310 g/mol. The van der Waals surface area contributed by atoms with Crippen molar-refractivity contribution in [2.24, 2.45) is 5.92 Å². The zero-order valence-corrected chi connectivity index (χ0v) is 13.2. The van der Waals surface area contributed by atoms with Gasteiger partial charge in [0.25, 0.3) is 5.91 Å². The Labute approximate surface area is 137 Å². The summed E-state index contributed by atoms with van der Waals surface area (Å²) < 4.78 is 5.55. The molecule has 4 heteroatoms. The molecule has 0 saturated carbocycles. The van der Waals surface area contributed by atoms with Crippen LogP contribution in [0.5, 0.6) is 5.75 Å². The summed E-state index contributed by atoms with van der Waals surface area (Å²) in [6.07, 6.45) is 6.87. The van der Waals surface area contributed by atoms with Gasteiger partial charge in [-0.15, -0.1) is 0 Å². The maximum Gasteiger partial charge on any atom is 0.260 e. The molecule has 120 valence electrons. The summed E-state index contributed by atoms with van der Waals surface area (Å²) in [4.78, 5) is 18.2. The van der Waals surface area contributed by atoms with Crippen LogP contribution in [-0.2, 0) is 11.2 Å². The molecular weight excluding hydrogens is 288 g/mol. The van der Waals surface area contributed by atoms with Gasteiger partial charge in [-0.1, -0.05) is 18.2 Å². The first-order valence-corrected chi connectivity index (χ1v) is 8.16. The molecule has 0 radical (unpaired) electrons. The number of hydrogen-bond acceptors (Lipinski definition) is 3.